The zero-order valence-corrected chi connectivity index (χ0v) is 5.98. The van der Waals surface area contributed by atoms with Gasteiger partial charge in [-0.1, -0.05) is 13.8 Å². The molecule has 0 aliphatic carbocycles. The van der Waals surface area contributed by atoms with Gasteiger partial charge in [-0.15, -0.1) is 0 Å². The summed E-state index contributed by atoms with van der Waals surface area (Å²) in [6.45, 7) is 4.10. The Morgan fingerprint density at radius 3 is 2.11 bits per heavy atom. The first-order valence-electron chi connectivity index (χ1n) is 3.00. The molecular formula is C6H14N2O. The minimum absolute atomic E-state index is 0.284. The maximum Gasteiger partial charge on any atom is 0.223 e. The van der Waals surface area contributed by atoms with E-state index in [1.165, 1.54) is 0 Å². The quantitative estimate of drug-likeness (QED) is 0.557. The summed E-state index contributed by atoms with van der Waals surface area (Å²) in [5, 5.41) is 0. The molecule has 3 nitrogen and oxygen atoms in total. The van der Waals surface area contributed by atoms with Gasteiger partial charge in [-0.05, 0) is 13.0 Å². The van der Waals surface area contributed by atoms with Crippen molar-refractivity contribution >= 4 is 5.91 Å². The van der Waals surface area contributed by atoms with Crippen molar-refractivity contribution in [1.29, 1.82) is 0 Å². The average Bonchev–Trinajstić information content (AvgIpc) is 1.65. The first kappa shape index (κ1) is 8.43. The van der Waals surface area contributed by atoms with Crippen molar-refractivity contribution in [1.82, 2.24) is 0 Å². The van der Waals surface area contributed by atoms with Crippen molar-refractivity contribution in [3.05, 3.63) is 0 Å². The van der Waals surface area contributed by atoms with Gasteiger partial charge in [0.1, 0.15) is 0 Å². The first-order chi connectivity index (χ1) is 4.00. The summed E-state index contributed by atoms with van der Waals surface area (Å²) >= 11 is 0. The summed E-state index contributed by atoms with van der Waals surface area (Å²) in [5.74, 6) is -0.284. The monoisotopic (exact) mass is 130 g/mol. The maximum absolute atomic E-state index is 10.6. The van der Waals surface area contributed by atoms with Crippen LogP contribution < -0.4 is 11.5 Å². The molecule has 0 spiro atoms. The molecular weight excluding hydrogens is 116 g/mol. The van der Waals surface area contributed by atoms with Gasteiger partial charge < -0.3 is 11.5 Å². The topological polar surface area (TPSA) is 69.1 Å². The van der Waals surface area contributed by atoms with Crippen LogP contribution in [0.4, 0.5) is 0 Å². The van der Waals surface area contributed by atoms with E-state index < -0.39 is 5.41 Å². The standard InChI is InChI=1S/C6H14N2O/c1-6(2,3-4-7)5(8)9/h3-4,7H2,1-2H3,(H2,8,9). The highest BCUT2D eigenvalue weighted by atomic mass is 16.1. The molecule has 1 amide bonds. The van der Waals surface area contributed by atoms with Crippen molar-refractivity contribution < 1.29 is 4.79 Å². The molecule has 0 atom stereocenters. The van der Waals surface area contributed by atoms with E-state index in [4.69, 9.17) is 11.5 Å². The molecule has 0 unspecified atom stereocenters. The number of rotatable bonds is 3. The third-order valence-corrected chi connectivity index (χ3v) is 1.44. The van der Waals surface area contributed by atoms with Gasteiger partial charge >= 0.3 is 0 Å². The van der Waals surface area contributed by atoms with Gasteiger partial charge in [-0.25, -0.2) is 0 Å². The Labute approximate surface area is 55.4 Å². The third-order valence-electron chi connectivity index (χ3n) is 1.44. The molecule has 0 bridgehead atoms. The summed E-state index contributed by atoms with van der Waals surface area (Å²) in [5.41, 5.74) is 9.87. The Balaban J connectivity index is 3.85. The zero-order chi connectivity index (χ0) is 7.49. The molecule has 0 fully saturated rings. The van der Waals surface area contributed by atoms with Crippen LogP contribution in [0.25, 0.3) is 0 Å². The Morgan fingerprint density at radius 2 is 2.00 bits per heavy atom. The lowest BCUT2D eigenvalue weighted by atomic mass is 9.89. The lowest BCUT2D eigenvalue weighted by Gasteiger charge is -2.18. The van der Waals surface area contributed by atoms with Crippen LogP contribution in [0, 0.1) is 5.41 Å². The van der Waals surface area contributed by atoms with Crippen molar-refractivity contribution in [2.45, 2.75) is 20.3 Å². The lowest BCUT2D eigenvalue weighted by molar-refractivity contribution is -0.126. The minimum atomic E-state index is -0.436. The Morgan fingerprint density at radius 1 is 1.56 bits per heavy atom. The number of hydrogen-bond acceptors (Lipinski definition) is 2. The molecule has 0 rings (SSSR count). The molecule has 54 valence electrons. The van der Waals surface area contributed by atoms with Gasteiger partial charge in [-0.2, -0.15) is 0 Å². The molecule has 0 aromatic heterocycles. The van der Waals surface area contributed by atoms with Crippen LogP contribution in [-0.2, 0) is 4.79 Å². The van der Waals surface area contributed by atoms with E-state index in [0.29, 0.717) is 13.0 Å². The molecule has 0 aliphatic rings. The second-order valence-corrected chi connectivity index (χ2v) is 2.79. The molecule has 0 aliphatic heterocycles. The van der Waals surface area contributed by atoms with E-state index >= 15 is 0 Å². The number of carbonyl (C=O) groups is 1. The summed E-state index contributed by atoms with van der Waals surface area (Å²) in [6.07, 6.45) is 0.655. The summed E-state index contributed by atoms with van der Waals surface area (Å²) in [7, 11) is 0. The Bertz CT molecular complexity index is 110. The number of amides is 1. The van der Waals surface area contributed by atoms with E-state index in [1.54, 1.807) is 13.8 Å². The van der Waals surface area contributed by atoms with Gasteiger partial charge in [0, 0.05) is 5.41 Å². The summed E-state index contributed by atoms with van der Waals surface area (Å²) in [6, 6.07) is 0. The highest BCUT2D eigenvalue weighted by Gasteiger charge is 2.22. The highest BCUT2D eigenvalue weighted by molar-refractivity contribution is 5.79. The second kappa shape index (κ2) is 2.82. The molecule has 9 heavy (non-hydrogen) atoms. The van der Waals surface area contributed by atoms with E-state index in [0.717, 1.165) is 0 Å². The Kier molecular flexibility index (Phi) is 2.65. The molecule has 0 aromatic carbocycles. The molecule has 0 saturated heterocycles. The maximum atomic E-state index is 10.6. The van der Waals surface area contributed by atoms with Crippen LogP contribution in [0.3, 0.4) is 0 Å². The molecule has 0 radical (unpaired) electrons. The van der Waals surface area contributed by atoms with Crippen LogP contribution in [0.5, 0.6) is 0 Å². The van der Waals surface area contributed by atoms with Crippen molar-refractivity contribution in [2.75, 3.05) is 6.54 Å². The number of carbonyl (C=O) groups excluding carboxylic acids is 1. The van der Waals surface area contributed by atoms with Crippen LogP contribution >= 0.6 is 0 Å². The molecule has 4 N–H and O–H groups in total. The number of hydrogen-bond donors (Lipinski definition) is 2. The fraction of sp³-hybridized carbons (Fsp3) is 0.833. The predicted octanol–water partition coefficient (Wildman–Crippen LogP) is -0.153. The largest absolute Gasteiger partial charge is 0.369 e. The van der Waals surface area contributed by atoms with Gasteiger partial charge in [0.2, 0.25) is 5.91 Å². The SMILES string of the molecule is CC(C)(CCN)C(N)=O. The fourth-order valence-electron chi connectivity index (χ4n) is 0.484. The molecule has 0 heterocycles. The van der Waals surface area contributed by atoms with Gasteiger partial charge in [0.25, 0.3) is 0 Å². The van der Waals surface area contributed by atoms with Crippen molar-refractivity contribution in [3.8, 4) is 0 Å². The van der Waals surface area contributed by atoms with Gasteiger partial charge in [0.15, 0.2) is 0 Å². The third kappa shape index (κ3) is 2.46. The lowest BCUT2D eigenvalue weighted by Crippen LogP contribution is -2.33. The van der Waals surface area contributed by atoms with Crippen molar-refractivity contribution in [3.63, 3.8) is 0 Å². The van der Waals surface area contributed by atoms with E-state index in [2.05, 4.69) is 0 Å². The molecule has 3 heteroatoms. The number of nitrogens with two attached hydrogens (primary N) is 2. The highest BCUT2D eigenvalue weighted by Crippen LogP contribution is 2.17. The molecule has 0 saturated carbocycles. The van der Waals surface area contributed by atoms with E-state index in [-0.39, 0.29) is 5.91 Å². The molecule has 0 aromatic rings. The van der Waals surface area contributed by atoms with Gasteiger partial charge in [0.05, 0.1) is 0 Å². The average molecular weight is 130 g/mol. The van der Waals surface area contributed by atoms with E-state index in [1.807, 2.05) is 0 Å². The van der Waals surface area contributed by atoms with Crippen LogP contribution in [-0.4, -0.2) is 12.5 Å². The normalized spacial score (nSPS) is 11.4. The zero-order valence-electron chi connectivity index (χ0n) is 5.98. The minimum Gasteiger partial charge on any atom is -0.369 e. The first-order valence-corrected chi connectivity index (χ1v) is 3.00. The fourth-order valence-corrected chi connectivity index (χ4v) is 0.484. The van der Waals surface area contributed by atoms with Crippen LogP contribution in [0.15, 0.2) is 0 Å². The smallest absolute Gasteiger partial charge is 0.223 e. The second-order valence-electron chi connectivity index (χ2n) is 2.79. The van der Waals surface area contributed by atoms with Crippen LogP contribution in [0.2, 0.25) is 0 Å². The van der Waals surface area contributed by atoms with Crippen molar-refractivity contribution in [2.24, 2.45) is 16.9 Å². The summed E-state index contributed by atoms with van der Waals surface area (Å²) < 4.78 is 0. The van der Waals surface area contributed by atoms with Gasteiger partial charge in [-0.3, -0.25) is 4.79 Å². The predicted molar refractivity (Wildman–Crippen MR) is 36.6 cm³/mol. The van der Waals surface area contributed by atoms with E-state index in [9.17, 15) is 4.79 Å². The number of primary amides is 1. The summed E-state index contributed by atoms with van der Waals surface area (Å²) in [4.78, 5) is 10.6. The Hall–Kier alpha value is -0.570. The van der Waals surface area contributed by atoms with Crippen LogP contribution in [0.1, 0.15) is 20.3 Å².